The average molecular weight is 559 g/mol. The third-order valence-corrected chi connectivity index (χ3v) is 9.67. The van der Waals surface area contributed by atoms with E-state index in [4.69, 9.17) is 0 Å². The summed E-state index contributed by atoms with van der Waals surface area (Å²) in [6.45, 7) is 15.5. The molecule has 2 aromatic rings. The zero-order valence-corrected chi connectivity index (χ0v) is 25.3. The summed E-state index contributed by atoms with van der Waals surface area (Å²) < 4.78 is 0. The van der Waals surface area contributed by atoms with E-state index >= 15 is 0 Å². The molecule has 0 bridgehead atoms. The summed E-state index contributed by atoms with van der Waals surface area (Å²) in [6.07, 6.45) is 5.59. The molecule has 1 aliphatic rings. The van der Waals surface area contributed by atoms with E-state index in [9.17, 15) is 14.9 Å². The molecular weight excluding hydrogens is 516 g/mol. The predicted molar refractivity (Wildman–Crippen MR) is 160 cm³/mol. The lowest BCUT2D eigenvalue weighted by Gasteiger charge is -2.32. The van der Waals surface area contributed by atoms with Crippen LogP contribution < -0.4 is 10.6 Å². The molecule has 0 aliphatic heterocycles. The topological polar surface area (TPSA) is 97.2 Å². The normalized spacial score (nSPS) is 19.0. The van der Waals surface area contributed by atoms with E-state index in [1.54, 1.807) is 17.8 Å². The van der Waals surface area contributed by atoms with Gasteiger partial charge in [0.25, 0.3) is 5.69 Å². The summed E-state index contributed by atoms with van der Waals surface area (Å²) in [5.74, 6) is 0.847. The Hall–Kier alpha value is -2.26. The summed E-state index contributed by atoms with van der Waals surface area (Å²) in [5.41, 5.74) is 2.85. The van der Waals surface area contributed by atoms with Crippen molar-refractivity contribution in [1.29, 1.82) is 0 Å². The maximum absolute atomic E-state index is 12.7. The minimum absolute atomic E-state index is 0.0315. The van der Waals surface area contributed by atoms with Crippen LogP contribution in [0.4, 0.5) is 11.5 Å². The fourth-order valence-corrected chi connectivity index (χ4v) is 7.25. The lowest BCUT2D eigenvalue weighted by molar-refractivity contribution is -0.385. The van der Waals surface area contributed by atoms with Gasteiger partial charge >= 0.3 is 0 Å². The highest BCUT2D eigenvalue weighted by molar-refractivity contribution is 8.04. The molecule has 38 heavy (non-hydrogen) atoms. The summed E-state index contributed by atoms with van der Waals surface area (Å²) in [5, 5.41) is 17.7. The van der Waals surface area contributed by atoms with Crippen LogP contribution in [0, 0.1) is 10.1 Å². The van der Waals surface area contributed by atoms with E-state index in [-0.39, 0.29) is 28.6 Å². The molecule has 2 N–H and O–H groups in total. The molecule has 7 nitrogen and oxygen atoms in total. The van der Waals surface area contributed by atoms with Crippen molar-refractivity contribution in [2.75, 3.05) is 11.1 Å². The summed E-state index contributed by atoms with van der Waals surface area (Å²) in [7, 11) is 0. The molecule has 3 atom stereocenters. The van der Waals surface area contributed by atoms with Crippen LogP contribution in [-0.4, -0.2) is 38.2 Å². The van der Waals surface area contributed by atoms with Gasteiger partial charge in [-0.25, -0.2) is 4.98 Å². The first-order chi connectivity index (χ1) is 17.7. The summed E-state index contributed by atoms with van der Waals surface area (Å²) >= 11 is 3.74. The Morgan fingerprint density at radius 2 is 1.66 bits per heavy atom. The minimum atomic E-state index is -0.485. The van der Waals surface area contributed by atoms with Gasteiger partial charge in [-0.2, -0.15) is 0 Å². The molecule has 9 heteroatoms. The number of thioether (sulfide) groups is 2. The van der Waals surface area contributed by atoms with Crippen molar-refractivity contribution < 1.29 is 9.72 Å². The molecule has 1 aromatic carbocycles. The van der Waals surface area contributed by atoms with Gasteiger partial charge < -0.3 is 10.6 Å². The van der Waals surface area contributed by atoms with Gasteiger partial charge in [-0.1, -0.05) is 60.5 Å². The Balaban J connectivity index is 1.59. The van der Waals surface area contributed by atoms with Crippen LogP contribution >= 0.6 is 23.5 Å². The SMILES string of the molecule is CC(NC(=O)CSC1CCCCC1Sc1cc(C(C)(C)C)cc(C(C)(C)C)c1)Nc1ccc([N+](=O)[O-])cn1. The molecule has 1 aliphatic carbocycles. The molecule has 0 spiro atoms. The van der Waals surface area contributed by atoms with Crippen LogP contribution in [0.3, 0.4) is 0 Å². The molecule has 1 aromatic heterocycles. The van der Waals surface area contributed by atoms with Gasteiger partial charge in [-0.3, -0.25) is 14.9 Å². The summed E-state index contributed by atoms with van der Waals surface area (Å²) in [6, 6.07) is 10.0. The highest BCUT2D eigenvalue weighted by Gasteiger charge is 2.29. The van der Waals surface area contributed by atoms with Crippen LogP contribution in [0.15, 0.2) is 41.4 Å². The number of nitro groups is 1. The number of pyridine rings is 1. The maximum Gasteiger partial charge on any atom is 0.287 e. The Bertz CT molecular complexity index is 1080. The molecular formula is C29H42N4O3S2. The molecule has 0 saturated heterocycles. The smallest absolute Gasteiger partial charge is 0.287 e. The van der Waals surface area contributed by atoms with Gasteiger partial charge in [-0.15, -0.1) is 23.5 Å². The van der Waals surface area contributed by atoms with Gasteiger partial charge in [0.2, 0.25) is 5.91 Å². The largest absolute Gasteiger partial charge is 0.350 e. The van der Waals surface area contributed by atoms with E-state index in [1.165, 1.54) is 47.5 Å². The average Bonchev–Trinajstić information content (AvgIpc) is 2.82. The number of anilines is 1. The Morgan fingerprint density at radius 3 is 2.18 bits per heavy atom. The Morgan fingerprint density at radius 1 is 1.05 bits per heavy atom. The second kappa shape index (κ2) is 12.7. The van der Waals surface area contributed by atoms with Gasteiger partial charge in [0, 0.05) is 21.5 Å². The zero-order valence-electron chi connectivity index (χ0n) is 23.7. The predicted octanol–water partition coefficient (Wildman–Crippen LogP) is 7.30. The lowest BCUT2D eigenvalue weighted by Crippen LogP contribution is -2.40. The molecule has 3 unspecified atom stereocenters. The number of hydrogen-bond acceptors (Lipinski definition) is 7. The first-order valence-electron chi connectivity index (χ1n) is 13.3. The quantitative estimate of drug-likeness (QED) is 0.189. The third kappa shape index (κ3) is 8.90. The Labute approximate surface area is 235 Å². The van der Waals surface area contributed by atoms with Gasteiger partial charge in [0.05, 0.1) is 16.8 Å². The molecule has 1 heterocycles. The standard InChI is InChI=1S/C29H42N4O3S2/c1-19(31-26-13-12-22(17-30-26)33(35)36)32-27(34)18-37-24-10-8-9-11-25(24)38-23-15-20(28(2,3)4)14-21(16-23)29(5,6)7/h12-17,19,24-25H,8-11,18H2,1-7H3,(H,30,31)(H,32,34). The number of nitrogens with zero attached hydrogens (tertiary/aromatic N) is 2. The first-order valence-corrected chi connectivity index (χ1v) is 15.3. The second-order valence-electron chi connectivity index (χ2n) is 12.1. The van der Waals surface area contributed by atoms with Crippen molar-refractivity contribution in [2.24, 2.45) is 0 Å². The molecule has 3 rings (SSSR count). The minimum Gasteiger partial charge on any atom is -0.350 e. The Kier molecular flexibility index (Phi) is 10.1. The molecule has 208 valence electrons. The number of carbonyl (C=O) groups excluding carboxylic acids is 1. The van der Waals surface area contributed by atoms with Crippen molar-refractivity contribution in [2.45, 2.75) is 107 Å². The third-order valence-electron chi connectivity index (χ3n) is 6.70. The number of carbonyl (C=O) groups is 1. The van der Waals surface area contributed by atoms with Crippen molar-refractivity contribution in [3.05, 3.63) is 57.8 Å². The second-order valence-corrected chi connectivity index (χ2v) is 14.7. The van der Waals surface area contributed by atoms with Crippen LogP contribution in [0.1, 0.15) is 85.3 Å². The van der Waals surface area contributed by atoms with Gasteiger partial charge in [-0.05, 0) is 59.9 Å². The van der Waals surface area contributed by atoms with E-state index in [0.717, 1.165) is 6.42 Å². The van der Waals surface area contributed by atoms with Crippen LogP contribution in [-0.2, 0) is 15.6 Å². The molecule has 1 saturated carbocycles. The van der Waals surface area contributed by atoms with E-state index in [2.05, 4.69) is 75.4 Å². The molecule has 1 amide bonds. The number of rotatable bonds is 9. The monoisotopic (exact) mass is 558 g/mol. The number of nitrogens with one attached hydrogen (secondary N) is 2. The van der Waals surface area contributed by atoms with Gasteiger partial charge in [0.15, 0.2) is 0 Å². The lowest BCUT2D eigenvalue weighted by atomic mass is 9.81. The molecule has 0 radical (unpaired) electrons. The van der Waals surface area contributed by atoms with E-state index < -0.39 is 4.92 Å². The fourth-order valence-electron chi connectivity index (χ4n) is 4.40. The summed E-state index contributed by atoms with van der Waals surface area (Å²) in [4.78, 5) is 28.4. The van der Waals surface area contributed by atoms with E-state index in [0.29, 0.717) is 22.1 Å². The molecule has 1 fully saturated rings. The van der Waals surface area contributed by atoms with Crippen molar-refractivity contribution >= 4 is 40.9 Å². The van der Waals surface area contributed by atoms with Crippen molar-refractivity contribution in [3.8, 4) is 0 Å². The number of hydrogen-bond donors (Lipinski definition) is 2. The highest BCUT2D eigenvalue weighted by Crippen LogP contribution is 2.42. The number of amides is 1. The number of benzene rings is 1. The van der Waals surface area contributed by atoms with Crippen LogP contribution in [0.5, 0.6) is 0 Å². The van der Waals surface area contributed by atoms with Crippen molar-refractivity contribution in [3.63, 3.8) is 0 Å². The van der Waals surface area contributed by atoms with Crippen LogP contribution in [0.2, 0.25) is 0 Å². The maximum atomic E-state index is 12.7. The number of aromatic nitrogens is 1. The highest BCUT2D eigenvalue weighted by atomic mass is 32.2. The van der Waals surface area contributed by atoms with Crippen LogP contribution in [0.25, 0.3) is 0 Å². The first kappa shape index (κ1) is 30.3. The van der Waals surface area contributed by atoms with Gasteiger partial charge in [0.1, 0.15) is 12.0 Å². The van der Waals surface area contributed by atoms with E-state index in [1.807, 2.05) is 18.7 Å². The van der Waals surface area contributed by atoms with Crippen molar-refractivity contribution in [1.82, 2.24) is 10.3 Å². The fraction of sp³-hybridized carbons (Fsp3) is 0.586. The zero-order chi connectivity index (χ0) is 28.1.